The lowest BCUT2D eigenvalue weighted by atomic mass is 10.2. The first-order valence-corrected chi connectivity index (χ1v) is 11.4. The lowest BCUT2D eigenvalue weighted by molar-refractivity contribution is 0.312. The quantitative estimate of drug-likeness (QED) is 0.527. The van der Waals surface area contributed by atoms with Crippen molar-refractivity contribution in [3.63, 3.8) is 0 Å². The monoisotopic (exact) mass is 425 g/mol. The number of hydrogen-bond donors (Lipinski definition) is 0. The standard InChI is InChI=1S/C20H27N9S/c1-15-12-17(27-6-4-26(2)5-7-27)24-19(23-15)29-10-8-28(9-11-29)18-16(13-21)14-22-20(25-18)30-3/h12,14H,4-11H2,1-3H3. The molecular formula is C20H27N9S. The zero-order valence-corrected chi connectivity index (χ0v) is 18.6. The predicted molar refractivity (Wildman–Crippen MR) is 119 cm³/mol. The maximum Gasteiger partial charge on any atom is 0.227 e. The number of piperazine rings is 2. The Morgan fingerprint density at radius 2 is 1.60 bits per heavy atom. The molecule has 0 spiro atoms. The van der Waals surface area contributed by atoms with Crippen LogP contribution in [0.25, 0.3) is 0 Å². The van der Waals surface area contributed by atoms with Crippen LogP contribution in [-0.4, -0.2) is 90.5 Å². The Kier molecular flexibility index (Phi) is 6.20. The first-order valence-electron chi connectivity index (χ1n) is 10.2. The van der Waals surface area contributed by atoms with Crippen molar-refractivity contribution >= 4 is 29.3 Å². The van der Waals surface area contributed by atoms with E-state index >= 15 is 0 Å². The van der Waals surface area contributed by atoms with Gasteiger partial charge in [0.25, 0.3) is 0 Å². The molecule has 0 aliphatic carbocycles. The molecule has 9 nitrogen and oxygen atoms in total. The smallest absolute Gasteiger partial charge is 0.227 e. The van der Waals surface area contributed by atoms with Crippen LogP contribution in [0.3, 0.4) is 0 Å². The lowest BCUT2D eigenvalue weighted by Gasteiger charge is -2.37. The Balaban J connectivity index is 1.48. The summed E-state index contributed by atoms with van der Waals surface area (Å²) in [6.45, 7) is 9.21. The van der Waals surface area contributed by atoms with Gasteiger partial charge in [0.15, 0.2) is 11.0 Å². The van der Waals surface area contributed by atoms with Crippen LogP contribution in [-0.2, 0) is 0 Å². The highest BCUT2D eigenvalue weighted by Gasteiger charge is 2.24. The number of aryl methyl sites for hydroxylation is 1. The number of aromatic nitrogens is 4. The second-order valence-electron chi connectivity index (χ2n) is 7.64. The molecule has 0 radical (unpaired) electrons. The molecule has 0 aromatic carbocycles. The Hall–Kier alpha value is -2.64. The maximum atomic E-state index is 9.44. The summed E-state index contributed by atoms with van der Waals surface area (Å²) in [5, 5.41) is 10.1. The van der Waals surface area contributed by atoms with E-state index in [0.29, 0.717) is 10.7 Å². The van der Waals surface area contributed by atoms with Crippen LogP contribution in [0.15, 0.2) is 17.4 Å². The number of hydrogen-bond acceptors (Lipinski definition) is 10. The van der Waals surface area contributed by atoms with Gasteiger partial charge in [-0.25, -0.2) is 15.0 Å². The molecule has 0 amide bonds. The highest BCUT2D eigenvalue weighted by atomic mass is 32.2. The summed E-state index contributed by atoms with van der Waals surface area (Å²) in [7, 11) is 2.16. The average molecular weight is 426 g/mol. The largest absolute Gasteiger partial charge is 0.354 e. The molecular weight excluding hydrogens is 398 g/mol. The van der Waals surface area contributed by atoms with Crippen LogP contribution in [0.4, 0.5) is 17.6 Å². The molecule has 0 N–H and O–H groups in total. The number of rotatable bonds is 4. The van der Waals surface area contributed by atoms with Crippen LogP contribution < -0.4 is 14.7 Å². The van der Waals surface area contributed by atoms with E-state index < -0.39 is 0 Å². The van der Waals surface area contributed by atoms with Gasteiger partial charge in [-0.1, -0.05) is 11.8 Å². The van der Waals surface area contributed by atoms with E-state index in [0.717, 1.165) is 75.6 Å². The third-order valence-corrected chi connectivity index (χ3v) is 6.13. The van der Waals surface area contributed by atoms with Gasteiger partial charge in [-0.15, -0.1) is 0 Å². The SMILES string of the molecule is CSc1ncc(C#N)c(N2CCN(c3nc(C)cc(N4CCN(C)CC4)n3)CC2)n1. The molecule has 4 rings (SSSR count). The molecule has 10 heteroatoms. The van der Waals surface area contributed by atoms with Gasteiger partial charge in [0.2, 0.25) is 5.95 Å². The second-order valence-corrected chi connectivity index (χ2v) is 8.41. The fraction of sp³-hybridized carbons (Fsp3) is 0.550. The van der Waals surface area contributed by atoms with Crippen LogP contribution in [0, 0.1) is 18.3 Å². The van der Waals surface area contributed by atoms with Crippen LogP contribution in [0.1, 0.15) is 11.3 Å². The molecule has 4 heterocycles. The van der Waals surface area contributed by atoms with Crippen molar-refractivity contribution < 1.29 is 0 Å². The summed E-state index contributed by atoms with van der Waals surface area (Å²) in [6, 6.07) is 4.30. The number of nitriles is 1. The summed E-state index contributed by atoms with van der Waals surface area (Å²) in [4.78, 5) is 27.5. The summed E-state index contributed by atoms with van der Waals surface area (Å²) < 4.78 is 0. The lowest BCUT2D eigenvalue weighted by Crippen LogP contribution is -2.48. The summed E-state index contributed by atoms with van der Waals surface area (Å²) in [5.74, 6) is 2.52. The molecule has 2 aromatic heterocycles. The minimum absolute atomic E-state index is 0.519. The molecule has 0 bridgehead atoms. The molecule has 0 saturated carbocycles. The van der Waals surface area contributed by atoms with Crippen molar-refractivity contribution in [3.8, 4) is 6.07 Å². The normalized spacial score (nSPS) is 17.9. The highest BCUT2D eigenvalue weighted by Crippen LogP contribution is 2.24. The van der Waals surface area contributed by atoms with E-state index in [-0.39, 0.29) is 0 Å². The van der Waals surface area contributed by atoms with Crippen LogP contribution in [0.5, 0.6) is 0 Å². The van der Waals surface area contributed by atoms with Crippen molar-refractivity contribution in [1.29, 1.82) is 5.26 Å². The van der Waals surface area contributed by atoms with E-state index in [2.05, 4.69) is 48.8 Å². The molecule has 2 aliphatic rings. The molecule has 2 aliphatic heterocycles. The highest BCUT2D eigenvalue weighted by molar-refractivity contribution is 7.98. The first-order chi connectivity index (χ1) is 14.6. The molecule has 30 heavy (non-hydrogen) atoms. The van der Waals surface area contributed by atoms with Crippen molar-refractivity contribution in [3.05, 3.63) is 23.5 Å². The van der Waals surface area contributed by atoms with Crippen molar-refractivity contribution in [2.45, 2.75) is 12.1 Å². The molecule has 2 aromatic rings. The van der Waals surface area contributed by atoms with Crippen LogP contribution in [0.2, 0.25) is 0 Å². The molecule has 0 unspecified atom stereocenters. The number of likely N-dealkylation sites (N-methyl/N-ethyl adjacent to an activating group) is 1. The maximum absolute atomic E-state index is 9.44. The van der Waals surface area contributed by atoms with E-state index in [9.17, 15) is 5.26 Å². The fourth-order valence-electron chi connectivity index (χ4n) is 3.77. The zero-order chi connectivity index (χ0) is 21.1. The number of anilines is 3. The molecule has 2 fully saturated rings. The van der Waals surface area contributed by atoms with Crippen molar-refractivity contribution in [2.24, 2.45) is 0 Å². The second kappa shape index (κ2) is 9.02. The van der Waals surface area contributed by atoms with Gasteiger partial charge in [-0.2, -0.15) is 10.2 Å². The van der Waals surface area contributed by atoms with E-state index in [4.69, 9.17) is 9.97 Å². The van der Waals surface area contributed by atoms with Crippen molar-refractivity contribution in [2.75, 3.05) is 80.4 Å². The Labute approximate surface area is 181 Å². The Morgan fingerprint density at radius 1 is 0.933 bits per heavy atom. The number of nitrogens with zero attached hydrogens (tertiary/aromatic N) is 9. The Morgan fingerprint density at radius 3 is 2.27 bits per heavy atom. The molecule has 158 valence electrons. The van der Waals surface area contributed by atoms with Gasteiger partial charge in [0.05, 0.1) is 6.20 Å². The topological polar surface area (TPSA) is 88.3 Å². The molecule has 2 saturated heterocycles. The third kappa shape index (κ3) is 4.42. The van der Waals surface area contributed by atoms with Gasteiger partial charge in [0, 0.05) is 64.1 Å². The molecule has 0 atom stereocenters. The summed E-state index contributed by atoms with van der Waals surface area (Å²) in [5.41, 5.74) is 1.51. The van der Waals surface area contributed by atoms with Gasteiger partial charge in [-0.05, 0) is 20.2 Å². The minimum Gasteiger partial charge on any atom is -0.354 e. The summed E-state index contributed by atoms with van der Waals surface area (Å²) >= 11 is 1.48. The summed E-state index contributed by atoms with van der Waals surface area (Å²) in [6.07, 6.45) is 3.56. The van der Waals surface area contributed by atoms with Crippen molar-refractivity contribution in [1.82, 2.24) is 24.8 Å². The van der Waals surface area contributed by atoms with E-state index in [1.165, 1.54) is 11.8 Å². The third-order valence-electron chi connectivity index (χ3n) is 5.57. The zero-order valence-electron chi connectivity index (χ0n) is 17.7. The van der Waals surface area contributed by atoms with Gasteiger partial charge in [-0.3, -0.25) is 0 Å². The number of thioether (sulfide) groups is 1. The van der Waals surface area contributed by atoms with Gasteiger partial charge in [0.1, 0.15) is 17.5 Å². The van der Waals surface area contributed by atoms with Gasteiger partial charge < -0.3 is 19.6 Å². The van der Waals surface area contributed by atoms with Crippen LogP contribution >= 0.6 is 11.8 Å². The average Bonchev–Trinajstić information content (AvgIpc) is 2.79. The minimum atomic E-state index is 0.519. The first kappa shape index (κ1) is 20.6. The van der Waals surface area contributed by atoms with Gasteiger partial charge >= 0.3 is 0 Å². The van der Waals surface area contributed by atoms with E-state index in [1.54, 1.807) is 6.20 Å². The van der Waals surface area contributed by atoms with E-state index in [1.807, 2.05) is 13.2 Å². The predicted octanol–water partition coefficient (Wildman–Crippen LogP) is 1.25. The fourth-order valence-corrected chi connectivity index (χ4v) is 4.11. The Bertz CT molecular complexity index is 928.